The molecule has 0 spiro atoms. The molecular formula is C13H17BrN2O2. The molecule has 4 nitrogen and oxygen atoms in total. The van der Waals surface area contributed by atoms with Crippen molar-refractivity contribution in [3.63, 3.8) is 0 Å². The number of hydrogen-bond donors (Lipinski definition) is 2. The van der Waals surface area contributed by atoms with Gasteiger partial charge in [0.2, 0.25) is 5.56 Å². The first-order valence-electron chi connectivity index (χ1n) is 6.24. The van der Waals surface area contributed by atoms with E-state index in [9.17, 15) is 9.59 Å². The van der Waals surface area contributed by atoms with Gasteiger partial charge in [-0.1, -0.05) is 15.9 Å². The third-order valence-corrected chi connectivity index (χ3v) is 4.36. The first-order valence-corrected chi connectivity index (χ1v) is 7.36. The average Bonchev–Trinajstić information content (AvgIpc) is 2.40. The van der Waals surface area contributed by atoms with E-state index in [1.54, 1.807) is 6.07 Å². The Morgan fingerprint density at radius 2 is 2.06 bits per heavy atom. The van der Waals surface area contributed by atoms with E-state index in [1.165, 1.54) is 12.3 Å². The van der Waals surface area contributed by atoms with Crippen LogP contribution in [0.2, 0.25) is 0 Å². The molecule has 0 saturated heterocycles. The van der Waals surface area contributed by atoms with E-state index in [2.05, 4.69) is 26.2 Å². The molecule has 1 amide bonds. The number of amides is 1. The molecule has 18 heavy (non-hydrogen) atoms. The molecule has 1 heterocycles. The molecule has 1 saturated carbocycles. The molecule has 1 fully saturated rings. The van der Waals surface area contributed by atoms with Crippen molar-refractivity contribution in [2.75, 3.05) is 5.33 Å². The lowest BCUT2D eigenvalue weighted by atomic mass is 9.87. The van der Waals surface area contributed by atoms with E-state index in [0.29, 0.717) is 5.56 Å². The van der Waals surface area contributed by atoms with E-state index in [0.717, 1.165) is 36.9 Å². The summed E-state index contributed by atoms with van der Waals surface area (Å²) in [6, 6.07) is 3.19. The van der Waals surface area contributed by atoms with Gasteiger partial charge in [-0.05, 0) is 37.7 Å². The fourth-order valence-electron chi connectivity index (χ4n) is 2.28. The van der Waals surface area contributed by atoms with Crippen LogP contribution >= 0.6 is 15.9 Å². The monoisotopic (exact) mass is 312 g/mol. The molecule has 0 aromatic carbocycles. The molecule has 0 unspecified atom stereocenters. The summed E-state index contributed by atoms with van der Waals surface area (Å²) in [4.78, 5) is 25.4. The van der Waals surface area contributed by atoms with Gasteiger partial charge in [0.25, 0.3) is 5.91 Å². The van der Waals surface area contributed by atoms with Crippen LogP contribution in [0.4, 0.5) is 0 Å². The zero-order chi connectivity index (χ0) is 13.0. The lowest BCUT2D eigenvalue weighted by Crippen LogP contribution is -2.38. The normalized spacial score (nSPS) is 23.6. The Bertz CT molecular complexity index is 444. The SMILES string of the molecule is O=C(NC1CCC(CBr)CC1)c1ccc(=O)[nH]c1. The van der Waals surface area contributed by atoms with Gasteiger partial charge in [0.05, 0.1) is 5.56 Å². The van der Waals surface area contributed by atoms with E-state index in [1.807, 2.05) is 0 Å². The van der Waals surface area contributed by atoms with E-state index < -0.39 is 0 Å². The Morgan fingerprint density at radius 3 is 2.61 bits per heavy atom. The maximum atomic E-state index is 11.9. The third kappa shape index (κ3) is 3.45. The maximum absolute atomic E-state index is 11.9. The number of rotatable bonds is 3. The van der Waals surface area contributed by atoms with Gasteiger partial charge in [0, 0.05) is 23.6 Å². The summed E-state index contributed by atoms with van der Waals surface area (Å²) in [5, 5.41) is 4.07. The number of nitrogens with one attached hydrogen (secondary N) is 2. The number of pyridine rings is 1. The minimum Gasteiger partial charge on any atom is -0.349 e. The highest BCUT2D eigenvalue weighted by molar-refractivity contribution is 9.09. The highest BCUT2D eigenvalue weighted by Gasteiger charge is 2.21. The number of H-pyrrole nitrogens is 1. The zero-order valence-corrected chi connectivity index (χ0v) is 11.7. The van der Waals surface area contributed by atoms with Crippen molar-refractivity contribution >= 4 is 21.8 Å². The van der Waals surface area contributed by atoms with Crippen LogP contribution in [0.3, 0.4) is 0 Å². The van der Waals surface area contributed by atoms with Crippen molar-refractivity contribution in [1.29, 1.82) is 0 Å². The minimum atomic E-state index is -0.190. The Kier molecular flexibility index (Phi) is 4.58. The first kappa shape index (κ1) is 13.3. The lowest BCUT2D eigenvalue weighted by Gasteiger charge is -2.27. The van der Waals surface area contributed by atoms with Crippen molar-refractivity contribution < 1.29 is 4.79 Å². The van der Waals surface area contributed by atoms with Gasteiger partial charge in [0.15, 0.2) is 0 Å². The largest absolute Gasteiger partial charge is 0.349 e. The van der Waals surface area contributed by atoms with Crippen molar-refractivity contribution in [2.24, 2.45) is 5.92 Å². The fraction of sp³-hybridized carbons (Fsp3) is 0.538. The third-order valence-electron chi connectivity index (χ3n) is 3.45. The van der Waals surface area contributed by atoms with Gasteiger partial charge in [0.1, 0.15) is 0 Å². The highest BCUT2D eigenvalue weighted by Crippen LogP contribution is 2.25. The predicted octanol–water partition coefficient (Wildman–Crippen LogP) is 2.06. The van der Waals surface area contributed by atoms with Gasteiger partial charge in [-0.15, -0.1) is 0 Å². The summed E-state index contributed by atoms with van der Waals surface area (Å²) < 4.78 is 0. The second-order valence-electron chi connectivity index (χ2n) is 4.79. The smallest absolute Gasteiger partial charge is 0.252 e. The van der Waals surface area contributed by atoms with Crippen LogP contribution in [0.25, 0.3) is 0 Å². The Balaban J connectivity index is 1.88. The Morgan fingerprint density at radius 1 is 1.33 bits per heavy atom. The van der Waals surface area contributed by atoms with Crippen LogP contribution in [0, 0.1) is 5.92 Å². The molecule has 0 bridgehead atoms. The zero-order valence-electron chi connectivity index (χ0n) is 10.1. The fourth-order valence-corrected chi connectivity index (χ4v) is 2.93. The summed E-state index contributed by atoms with van der Waals surface area (Å²) in [6.45, 7) is 0. The number of carbonyl (C=O) groups excluding carboxylic acids is 1. The van der Waals surface area contributed by atoms with Crippen LogP contribution in [0.1, 0.15) is 36.0 Å². The Labute approximate surface area is 114 Å². The van der Waals surface area contributed by atoms with Crippen molar-refractivity contribution in [3.05, 3.63) is 34.2 Å². The number of aromatic nitrogens is 1. The standard InChI is InChI=1S/C13H17BrN2O2/c14-7-9-1-4-11(5-2-9)16-13(18)10-3-6-12(17)15-8-10/h3,6,8-9,11H,1-2,4-5,7H2,(H,15,17)(H,16,18). The molecule has 0 atom stereocenters. The van der Waals surface area contributed by atoms with Crippen molar-refractivity contribution in [3.8, 4) is 0 Å². The van der Waals surface area contributed by atoms with E-state index in [4.69, 9.17) is 0 Å². The Hall–Kier alpha value is -1.10. The average molecular weight is 313 g/mol. The van der Waals surface area contributed by atoms with Gasteiger partial charge in [-0.2, -0.15) is 0 Å². The van der Waals surface area contributed by atoms with Crippen molar-refractivity contribution in [1.82, 2.24) is 10.3 Å². The van der Waals surface area contributed by atoms with Gasteiger partial charge >= 0.3 is 0 Å². The minimum absolute atomic E-state index is 0.103. The molecule has 0 radical (unpaired) electrons. The molecule has 0 aliphatic heterocycles. The highest BCUT2D eigenvalue weighted by atomic mass is 79.9. The molecule has 1 aromatic rings. The number of alkyl halides is 1. The second-order valence-corrected chi connectivity index (χ2v) is 5.43. The van der Waals surface area contributed by atoms with Crippen LogP contribution in [-0.2, 0) is 0 Å². The van der Waals surface area contributed by atoms with Crippen molar-refractivity contribution in [2.45, 2.75) is 31.7 Å². The van der Waals surface area contributed by atoms with E-state index in [-0.39, 0.29) is 17.5 Å². The summed E-state index contributed by atoms with van der Waals surface area (Å²) in [7, 11) is 0. The van der Waals surface area contributed by atoms with Crippen LogP contribution < -0.4 is 10.9 Å². The topological polar surface area (TPSA) is 62.0 Å². The number of hydrogen-bond acceptors (Lipinski definition) is 2. The molecule has 98 valence electrons. The predicted molar refractivity (Wildman–Crippen MR) is 74.1 cm³/mol. The van der Waals surface area contributed by atoms with Crippen LogP contribution in [-0.4, -0.2) is 22.3 Å². The van der Waals surface area contributed by atoms with Crippen LogP contribution in [0.5, 0.6) is 0 Å². The number of halogens is 1. The maximum Gasteiger partial charge on any atom is 0.252 e. The molecule has 2 N–H and O–H groups in total. The molecule has 1 aromatic heterocycles. The van der Waals surface area contributed by atoms with Gasteiger partial charge < -0.3 is 10.3 Å². The summed E-state index contributed by atoms with van der Waals surface area (Å²) in [6.07, 6.45) is 5.84. The molecule has 2 rings (SSSR count). The number of carbonyl (C=O) groups is 1. The van der Waals surface area contributed by atoms with Gasteiger partial charge in [-0.3, -0.25) is 9.59 Å². The van der Waals surface area contributed by atoms with Gasteiger partial charge in [-0.25, -0.2) is 0 Å². The molecule has 1 aliphatic carbocycles. The lowest BCUT2D eigenvalue weighted by molar-refractivity contribution is 0.0923. The van der Waals surface area contributed by atoms with Crippen LogP contribution in [0.15, 0.2) is 23.1 Å². The second kappa shape index (κ2) is 6.18. The first-order chi connectivity index (χ1) is 8.69. The van der Waals surface area contributed by atoms with E-state index >= 15 is 0 Å². The molecule has 5 heteroatoms. The summed E-state index contributed by atoms with van der Waals surface area (Å²) in [5.74, 6) is 0.639. The quantitative estimate of drug-likeness (QED) is 0.839. The molecular weight excluding hydrogens is 296 g/mol. The molecule has 1 aliphatic rings. The number of aromatic amines is 1. The summed E-state index contributed by atoms with van der Waals surface area (Å²) in [5.41, 5.74) is 0.321. The summed E-state index contributed by atoms with van der Waals surface area (Å²) >= 11 is 3.50.